The van der Waals surface area contributed by atoms with Gasteiger partial charge in [-0.15, -0.1) is 23.5 Å². The Hall–Kier alpha value is -0.783. The predicted molar refractivity (Wildman–Crippen MR) is 145 cm³/mol. The molecule has 1 aromatic rings. The fourth-order valence-electron chi connectivity index (χ4n) is 4.74. The summed E-state index contributed by atoms with van der Waals surface area (Å²) in [5.41, 5.74) is 0. The van der Waals surface area contributed by atoms with Gasteiger partial charge in [0.25, 0.3) is 5.91 Å². The fourth-order valence-corrected chi connectivity index (χ4v) is 12.8. The number of thiocarbonyl (C=S) groups is 1. The molecular formula is C24H35NO5S3Si. The molecular weight excluding hydrogens is 507 g/mol. The van der Waals surface area contributed by atoms with Gasteiger partial charge in [-0.05, 0) is 56.7 Å². The van der Waals surface area contributed by atoms with Crippen molar-refractivity contribution >= 4 is 55.0 Å². The van der Waals surface area contributed by atoms with E-state index in [2.05, 4.69) is 43.2 Å². The van der Waals surface area contributed by atoms with Gasteiger partial charge >= 0.3 is 5.24 Å². The summed E-state index contributed by atoms with van der Waals surface area (Å²) in [6.45, 7) is 11.6. The van der Waals surface area contributed by atoms with Gasteiger partial charge in [-0.2, -0.15) is 0 Å². The quantitative estimate of drug-likeness (QED) is 0.341. The molecule has 0 bridgehead atoms. The van der Waals surface area contributed by atoms with Crippen LogP contribution >= 0.6 is 35.7 Å². The predicted octanol–water partition coefficient (Wildman–Crippen LogP) is 5.28. The maximum absolute atomic E-state index is 13.3. The Balaban J connectivity index is 1.45. The number of likely N-dealkylation sites (tertiary alicyclic amines) is 1. The Bertz CT molecular complexity index is 888. The van der Waals surface area contributed by atoms with Crippen LogP contribution in [0.4, 0.5) is 0 Å². The van der Waals surface area contributed by atoms with Crippen LogP contribution < -0.4 is 4.74 Å². The van der Waals surface area contributed by atoms with Crippen molar-refractivity contribution in [2.45, 2.75) is 80.7 Å². The smallest absolute Gasteiger partial charge is 0.359 e. The van der Waals surface area contributed by atoms with E-state index in [1.807, 2.05) is 44.2 Å². The molecule has 0 aromatic heterocycles. The van der Waals surface area contributed by atoms with Crippen LogP contribution in [0.2, 0.25) is 19.6 Å². The largest absolute Gasteiger partial charge is 0.429 e. The second kappa shape index (κ2) is 10.3. The van der Waals surface area contributed by atoms with Crippen LogP contribution in [0.15, 0.2) is 30.3 Å². The zero-order chi connectivity index (χ0) is 24.6. The lowest BCUT2D eigenvalue weighted by molar-refractivity contribution is -0.185. The van der Waals surface area contributed by atoms with Gasteiger partial charge in [-0.3, -0.25) is 4.79 Å². The van der Waals surface area contributed by atoms with Crippen LogP contribution in [0, 0.1) is 0 Å². The van der Waals surface area contributed by atoms with Crippen molar-refractivity contribution in [3.63, 3.8) is 0 Å². The molecule has 3 heterocycles. The zero-order valence-electron chi connectivity index (χ0n) is 20.6. The lowest BCUT2D eigenvalue weighted by atomic mass is 10.2. The summed E-state index contributed by atoms with van der Waals surface area (Å²) in [6, 6.07) is 9.25. The van der Waals surface area contributed by atoms with Crippen LogP contribution in [0.3, 0.4) is 0 Å². The lowest BCUT2D eigenvalue weighted by Crippen LogP contribution is -2.49. The van der Waals surface area contributed by atoms with Gasteiger partial charge in [0.05, 0.1) is 11.8 Å². The van der Waals surface area contributed by atoms with Crippen LogP contribution in [-0.4, -0.2) is 70.1 Å². The number of rotatable bonds is 7. The first kappa shape index (κ1) is 26.3. The molecule has 3 fully saturated rings. The second-order valence-corrected chi connectivity index (χ2v) is 19.8. The molecule has 3 aliphatic heterocycles. The third kappa shape index (κ3) is 5.62. The van der Waals surface area contributed by atoms with Crippen molar-refractivity contribution in [2.24, 2.45) is 0 Å². The van der Waals surface area contributed by atoms with Crippen LogP contribution in [0.5, 0.6) is 5.75 Å². The van der Waals surface area contributed by atoms with E-state index in [0.717, 1.165) is 12.8 Å². The molecule has 1 amide bonds. The highest BCUT2D eigenvalue weighted by Gasteiger charge is 2.59. The topological polar surface area (TPSA) is 57.2 Å². The highest BCUT2D eigenvalue weighted by Crippen LogP contribution is 2.51. The van der Waals surface area contributed by atoms with Gasteiger partial charge in [0.2, 0.25) is 6.23 Å². The Kier molecular flexibility index (Phi) is 7.96. The average Bonchev–Trinajstić information content (AvgIpc) is 3.21. The van der Waals surface area contributed by atoms with Gasteiger partial charge in [-0.1, -0.05) is 37.8 Å². The molecule has 0 N–H and O–H groups in total. The molecule has 6 nitrogen and oxygen atoms in total. The standard InChI is InChI=1S/C24H35NO5S3Si/c1-23(2)29-18-19(30-23)21(28-22(31)27-17-11-7-6-8-12-17)25(20(18)26)14-9-13-24(34(3,4)5)32-15-10-16-33-24/h6-8,11-12,18-19,21H,9-10,13-16H2,1-5H3/t18-,19+,21-/m1/s1. The number of carbonyl (C=O) groups is 1. The zero-order valence-corrected chi connectivity index (χ0v) is 24.0. The minimum atomic E-state index is -1.43. The number of amides is 1. The molecule has 0 unspecified atom stereocenters. The number of thioether (sulfide) groups is 2. The molecule has 3 saturated heterocycles. The van der Waals surface area contributed by atoms with E-state index in [1.54, 1.807) is 4.90 Å². The summed E-state index contributed by atoms with van der Waals surface area (Å²) >= 11 is 9.64. The maximum atomic E-state index is 13.3. The molecule has 188 valence electrons. The Morgan fingerprint density at radius 2 is 1.85 bits per heavy atom. The molecule has 0 saturated carbocycles. The van der Waals surface area contributed by atoms with Gasteiger partial charge in [0.15, 0.2) is 18.0 Å². The monoisotopic (exact) mass is 541 g/mol. The fraction of sp³-hybridized carbons (Fsp3) is 0.667. The summed E-state index contributed by atoms with van der Waals surface area (Å²) in [5, 5.41) is -0.0279. The second-order valence-electron chi connectivity index (χ2n) is 10.4. The first-order valence-electron chi connectivity index (χ1n) is 11.9. The lowest BCUT2D eigenvalue weighted by Gasteiger charge is -2.45. The molecule has 0 spiro atoms. The van der Waals surface area contributed by atoms with Gasteiger partial charge in [0, 0.05) is 18.8 Å². The molecule has 34 heavy (non-hydrogen) atoms. The molecule has 4 rings (SSSR count). The highest BCUT2D eigenvalue weighted by atomic mass is 32.2. The molecule has 10 heteroatoms. The third-order valence-corrected chi connectivity index (χ3v) is 16.7. The Labute approximate surface area is 217 Å². The van der Waals surface area contributed by atoms with Crippen molar-refractivity contribution in [3.8, 4) is 5.75 Å². The molecule has 3 aliphatic rings. The number of fused-ring (bicyclic) bond motifs is 1. The van der Waals surface area contributed by atoms with Crippen molar-refractivity contribution in [1.82, 2.24) is 4.90 Å². The number of benzene rings is 1. The minimum absolute atomic E-state index is 0.0279. The summed E-state index contributed by atoms with van der Waals surface area (Å²) in [6.07, 6.45) is 1.32. The van der Waals surface area contributed by atoms with E-state index in [9.17, 15) is 4.79 Å². The molecule has 0 aliphatic carbocycles. The van der Waals surface area contributed by atoms with E-state index in [1.165, 1.54) is 17.9 Å². The van der Waals surface area contributed by atoms with E-state index in [0.29, 0.717) is 12.3 Å². The van der Waals surface area contributed by atoms with Gasteiger partial charge in [0.1, 0.15) is 5.75 Å². The Morgan fingerprint density at radius 1 is 1.18 bits per heavy atom. The summed E-state index contributed by atoms with van der Waals surface area (Å²) in [4.78, 5) is 15.1. The number of nitrogens with zero attached hydrogens (tertiary/aromatic N) is 1. The summed E-state index contributed by atoms with van der Waals surface area (Å²) in [7, 11) is -1.43. The molecule has 3 atom stereocenters. The molecule has 0 radical (unpaired) electrons. The van der Waals surface area contributed by atoms with Gasteiger partial charge in [-0.25, -0.2) is 0 Å². The van der Waals surface area contributed by atoms with Crippen molar-refractivity contribution < 1.29 is 23.7 Å². The minimum Gasteiger partial charge on any atom is -0.429 e. The normalized spacial score (nSPS) is 28.0. The maximum Gasteiger partial charge on any atom is 0.359 e. The summed E-state index contributed by atoms with van der Waals surface area (Å²) in [5.74, 6) is 2.08. The first-order valence-corrected chi connectivity index (χ1v) is 17.8. The van der Waals surface area contributed by atoms with Crippen molar-refractivity contribution in [3.05, 3.63) is 30.3 Å². The van der Waals surface area contributed by atoms with E-state index in [-0.39, 0.29) is 14.8 Å². The summed E-state index contributed by atoms with van der Waals surface area (Å²) < 4.78 is 24.0. The molecule has 1 aromatic carbocycles. The van der Waals surface area contributed by atoms with E-state index in [4.69, 9.17) is 31.2 Å². The highest BCUT2D eigenvalue weighted by molar-refractivity contribution is 8.21. The number of ether oxygens (including phenoxy) is 4. The first-order chi connectivity index (χ1) is 16.0. The van der Waals surface area contributed by atoms with Crippen molar-refractivity contribution in [2.75, 3.05) is 18.1 Å². The third-order valence-electron chi connectivity index (χ3n) is 6.41. The Morgan fingerprint density at radius 3 is 2.50 bits per heavy atom. The number of para-hydroxylation sites is 1. The average molecular weight is 542 g/mol. The van der Waals surface area contributed by atoms with Crippen molar-refractivity contribution in [1.29, 1.82) is 0 Å². The SMILES string of the molecule is CC1(C)O[C@@H]2[C@@H](OC(=S)Oc3ccccc3)N(CCCC3([Si](C)(C)C)SCCCS3)C(=O)[C@@H]2O1. The number of carbonyl (C=O) groups excluding carboxylic acids is 1. The van der Waals surface area contributed by atoms with Crippen LogP contribution in [-0.2, 0) is 19.0 Å². The van der Waals surface area contributed by atoms with Crippen LogP contribution in [0.25, 0.3) is 0 Å². The van der Waals surface area contributed by atoms with Gasteiger partial charge < -0.3 is 23.8 Å². The number of hydrogen-bond acceptors (Lipinski definition) is 8. The van der Waals surface area contributed by atoms with Crippen LogP contribution in [0.1, 0.15) is 33.1 Å². The number of hydrogen-bond donors (Lipinski definition) is 0. The van der Waals surface area contributed by atoms with E-state index >= 15 is 0 Å². The van der Waals surface area contributed by atoms with E-state index < -0.39 is 32.3 Å².